The summed E-state index contributed by atoms with van der Waals surface area (Å²) in [5.41, 5.74) is 1.79. The molecular weight excluding hydrogens is 366 g/mol. The van der Waals surface area contributed by atoms with Gasteiger partial charge in [0.25, 0.3) is 5.91 Å². The van der Waals surface area contributed by atoms with Crippen molar-refractivity contribution in [1.82, 2.24) is 5.32 Å². The molecule has 0 radical (unpaired) electrons. The van der Waals surface area contributed by atoms with Crippen molar-refractivity contribution < 1.29 is 23.9 Å². The third kappa shape index (κ3) is 6.79. The van der Waals surface area contributed by atoms with Crippen molar-refractivity contribution >= 4 is 29.6 Å². The van der Waals surface area contributed by atoms with E-state index in [1.165, 1.54) is 36.9 Å². The molecule has 6 nitrogen and oxygen atoms in total. The van der Waals surface area contributed by atoms with E-state index in [0.29, 0.717) is 12.1 Å². The van der Waals surface area contributed by atoms with Crippen molar-refractivity contribution in [2.24, 2.45) is 0 Å². The molecule has 2 rings (SSSR count). The molecule has 27 heavy (non-hydrogen) atoms. The van der Waals surface area contributed by atoms with Crippen LogP contribution in [-0.2, 0) is 14.3 Å². The number of nitrogens with one attached hydrogen (secondary N) is 1. The van der Waals surface area contributed by atoms with Crippen molar-refractivity contribution in [3.8, 4) is 0 Å². The summed E-state index contributed by atoms with van der Waals surface area (Å²) in [6, 6.07) is 14.0. The minimum Gasteiger partial charge on any atom is -0.465 e. The van der Waals surface area contributed by atoms with E-state index in [-0.39, 0.29) is 18.1 Å². The summed E-state index contributed by atoms with van der Waals surface area (Å²) >= 11 is 1.64. The molecule has 0 bridgehead atoms. The lowest BCUT2D eigenvalue weighted by atomic mass is 10.1. The quantitative estimate of drug-likeness (QED) is 0.426. The van der Waals surface area contributed by atoms with E-state index >= 15 is 0 Å². The summed E-state index contributed by atoms with van der Waals surface area (Å²) in [7, 11) is 1.28. The van der Waals surface area contributed by atoms with Crippen LogP contribution in [0.3, 0.4) is 0 Å². The maximum absolute atomic E-state index is 11.9. The van der Waals surface area contributed by atoms with Crippen molar-refractivity contribution in [3.05, 3.63) is 65.2 Å². The molecule has 0 aromatic heterocycles. The van der Waals surface area contributed by atoms with Crippen molar-refractivity contribution in [2.75, 3.05) is 26.0 Å². The first-order chi connectivity index (χ1) is 13.0. The predicted molar refractivity (Wildman–Crippen MR) is 103 cm³/mol. The highest BCUT2D eigenvalue weighted by Gasteiger charge is 2.11. The average molecular weight is 387 g/mol. The van der Waals surface area contributed by atoms with Crippen LogP contribution >= 0.6 is 11.8 Å². The van der Waals surface area contributed by atoms with Crippen LogP contribution in [0.4, 0.5) is 0 Å². The Balaban J connectivity index is 1.67. The normalized spacial score (nSPS) is 10.1. The first-order valence-electron chi connectivity index (χ1n) is 8.31. The van der Waals surface area contributed by atoms with Gasteiger partial charge < -0.3 is 14.8 Å². The summed E-state index contributed by atoms with van der Waals surface area (Å²) in [4.78, 5) is 36.2. The molecule has 2 aromatic carbocycles. The zero-order valence-electron chi connectivity index (χ0n) is 15.2. The van der Waals surface area contributed by atoms with Gasteiger partial charge in [0.1, 0.15) is 0 Å². The average Bonchev–Trinajstić information content (AvgIpc) is 2.70. The predicted octanol–water partition coefficient (Wildman–Crippen LogP) is 2.85. The second kappa shape index (κ2) is 10.4. The van der Waals surface area contributed by atoms with Crippen LogP contribution in [0.2, 0.25) is 0 Å². The van der Waals surface area contributed by atoms with E-state index in [2.05, 4.69) is 10.1 Å². The van der Waals surface area contributed by atoms with Crippen molar-refractivity contribution in [2.45, 2.75) is 11.8 Å². The Morgan fingerprint density at radius 3 is 2.11 bits per heavy atom. The molecule has 0 heterocycles. The van der Waals surface area contributed by atoms with E-state index in [0.717, 1.165) is 10.6 Å². The van der Waals surface area contributed by atoms with E-state index < -0.39 is 11.9 Å². The minimum absolute atomic E-state index is 0.255. The Bertz CT molecular complexity index is 787. The number of hydrogen-bond acceptors (Lipinski definition) is 6. The Kier molecular flexibility index (Phi) is 7.88. The standard InChI is InChI=1S/C20H21NO5S/c1-14-3-9-17(10-4-14)27-12-11-21-18(22)13-26-20(24)16-7-5-15(6-8-16)19(23)25-2/h3-10H,11-13H2,1-2H3,(H,21,22). The van der Waals surface area contributed by atoms with E-state index in [4.69, 9.17) is 4.74 Å². The lowest BCUT2D eigenvalue weighted by Gasteiger charge is -2.07. The molecule has 142 valence electrons. The third-order valence-electron chi connectivity index (χ3n) is 3.59. The van der Waals surface area contributed by atoms with Gasteiger partial charge in [-0.2, -0.15) is 0 Å². The molecular formula is C20H21NO5S. The van der Waals surface area contributed by atoms with Gasteiger partial charge in [-0.15, -0.1) is 11.8 Å². The smallest absolute Gasteiger partial charge is 0.338 e. The molecule has 7 heteroatoms. The minimum atomic E-state index is -0.629. The summed E-state index contributed by atoms with van der Waals surface area (Å²) in [6.07, 6.45) is 0. The molecule has 0 aliphatic rings. The molecule has 0 saturated carbocycles. The maximum Gasteiger partial charge on any atom is 0.338 e. The molecule has 1 N–H and O–H groups in total. The highest BCUT2D eigenvalue weighted by Crippen LogP contribution is 2.17. The van der Waals surface area contributed by atoms with Crippen LogP contribution in [0, 0.1) is 6.92 Å². The number of ether oxygens (including phenoxy) is 2. The number of esters is 2. The van der Waals surface area contributed by atoms with Crippen molar-refractivity contribution in [3.63, 3.8) is 0 Å². The van der Waals surface area contributed by atoms with Crippen LogP contribution in [-0.4, -0.2) is 43.9 Å². The third-order valence-corrected chi connectivity index (χ3v) is 4.60. The van der Waals surface area contributed by atoms with Gasteiger partial charge >= 0.3 is 11.9 Å². The molecule has 1 amide bonds. The fourth-order valence-corrected chi connectivity index (χ4v) is 2.89. The van der Waals surface area contributed by atoms with Gasteiger partial charge in [-0.25, -0.2) is 9.59 Å². The monoisotopic (exact) mass is 387 g/mol. The first-order valence-corrected chi connectivity index (χ1v) is 9.30. The van der Waals surface area contributed by atoms with Gasteiger partial charge in [0.2, 0.25) is 0 Å². The molecule has 0 spiro atoms. The van der Waals surface area contributed by atoms with Gasteiger partial charge in [0.05, 0.1) is 18.2 Å². The molecule has 2 aromatic rings. The van der Waals surface area contributed by atoms with Crippen LogP contribution in [0.5, 0.6) is 0 Å². The van der Waals surface area contributed by atoms with Crippen molar-refractivity contribution in [1.29, 1.82) is 0 Å². The lowest BCUT2D eigenvalue weighted by molar-refractivity contribution is -0.124. The van der Waals surface area contributed by atoms with Crippen LogP contribution in [0.25, 0.3) is 0 Å². The van der Waals surface area contributed by atoms with Crippen LogP contribution in [0.15, 0.2) is 53.4 Å². The number of hydrogen-bond donors (Lipinski definition) is 1. The number of aryl methyl sites for hydroxylation is 1. The fraction of sp³-hybridized carbons (Fsp3) is 0.250. The number of carbonyl (C=O) groups is 3. The second-order valence-electron chi connectivity index (χ2n) is 5.66. The van der Waals surface area contributed by atoms with E-state index in [1.54, 1.807) is 11.8 Å². The van der Waals surface area contributed by atoms with E-state index in [9.17, 15) is 14.4 Å². The molecule has 0 unspecified atom stereocenters. The van der Waals surface area contributed by atoms with Gasteiger partial charge in [-0.05, 0) is 43.3 Å². The Morgan fingerprint density at radius 1 is 0.926 bits per heavy atom. The zero-order chi connectivity index (χ0) is 19.6. The zero-order valence-corrected chi connectivity index (χ0v) is 16.0. The number of amides is 1. The Labute approximate surface area is 162 Å². The largest absolute Gasteiger partial charge is 0.465 e. The molecule has 0 saturated heterocycles. The number of carbonyl (C=O) groups excluding carboxylic acids is 3. The van der Waals surface area contributed by atoms with Gasteiger partial charge in [0.15, 0.2) is 6.61 Å². The summed E-state index contributed by atoms with van der Waals surface area (Å²) in [5.74, 6) is -0.759. The highest BCUT2D eigenvalue weighted by atomic mass is 32.2. The summed E-state index contributed by atoms with van der Waals surface area (Å²) in [6.45, 7) is 2.15. The number of methoxy groups -OCH3 is 1. The molecule has 0 aliphatic carbocycles. The van der Waals surface area contributed by atoms with Gasteiger partial charge in [0, 0.05) is 17.2 Å². The van der Waals surface area contributed by atoms with Crippen LogP contribution < -0.4 is 5.32 Å². The maximum atomic E-state index is 11.9. The summed E-state index contributed by atoms with van der Waals surface area (Å²) in [5, 5.41) is 2.70. The molecule has 0 atom stereocenters. The Hall–Kier alpha value is -2.80. The summed E-state index contributed by atoms with van der Waals surface area (Å²) < 4.78 is 9.56. The second-order valence-corrected chi connectivity index (χ2v) is 6.82. The Morgan fingerprint density at radius 2 is 1.52 bits per heavy atom. The molecule has 0 fully saturated rings. The van der Waals surface area contributed by atoms with Gasteiger partial charge in [-0.3, -0.25) is 4.79 Å². The SMILES string of the molecule is COC(=O)c1ccc(C(=O)OCC(=O)NCCSc2ccc(C)cc2)cc1. The number of rotatable bonds is 8. The van der Waals surface area contributed by atoms with Gasteiger partial charge in [-0.1, -0.05) is 17.7 Å². The fourth-order valence-electron chi connectivity index (χ4n) is 2.12. The lowest BCUT2D eigenvalue weighted by Crippen LogP contribution is -2.30. The van der Waals surface area contributed by atoms with E-state index in [1.807, 2.05) is 31.2 Å². The van der Waals surface area contributed by atoms with Crippen LogP contribution in [0.1, 0.15) is 26.3 Å². The topological polar surface area (TPSA) is 81.7 Å². The number of benzene rings is 2. The molecule has 0 aliphatic heterocycles. The first kappa shape index (κ1) is 20.5. The highest BCUT2D eigenvalue weighted by molar-refractivity contribution is 7.99. The number of thioether (sulfide) groups is 1.